The maximum Gasteiger partial charge on any atom is 0.304 e. The van der Waals surface area contributed by atoms with E-state index in [0.717, 1.165) is 30.1 Å². The van der Waals surface area contributed by atoms with Gasteiger partial charge in [0, 0.05) is 30.7 Å². The number of carbonyl (C=O) groups excluding carboxylic acids is 1. The van der Waals surface area contributed by atoms with Gasteiger partial charge in [0.15, 0.2) is 0 Å². The highest BCUT2D eigenvalue weighted by Gasteiger charge is 2.08. The Balaban J connectivity index is 2.30. The SMILES string of the molecule is CCN(CC)C(=O)CNCc1csc(=O)[nH]1. The molecule has 16 heavy (non-hydrogen) atoms. The standard InChI is InChI=1S/C10H17N3O2S/c1-3-13(4-2)9(14)6-11-5-8-7-16-10(15)12-8/h7,11H,3-6H2,1-2H3,(H,12,15). The summed E-state index contributed by atoms with van der Waals surface area (Å²) >= 11 is 1.13. The molecule has 0 aliphatic rings. The monoisotopic (exact) mass is 243 g/mol. The van der Waals surface area contributed by atoms with Gasteiger partial charge in [-0.3, -0.25) is 9.59 Å². The topological polar surface area (TPSA) is 65.2 Å². The second kappa shape index (κ2) is 6.44. The van der Waals surface area contributed by atoms with Gasteiger partial charge in [-0.15, -0.1) is 0 Å². The highest BCUT2D eigenvalue weighted by atomic mass is 32.1. The van der Waals surface area contributed by atoms with E-state index in [0.29, 0.717) is 13.1 Å². The number of aromatic amines is 1. The van der Waals surface area contributed by atoms with E-state index in [2.05, 4.69) is 10.3 Å². The van der Waals surface area contributed by atoms with Gasteiger partial charge in [-0.2, -0.15) is 0 Å². The molecule has 5 nitrogen and oxygen atoms in total. The Morgan fingerprint density at radius 1 is 1.50 bits per heavy atom. The quantitative estimate of drug-likeness (QED) is 0.760. The predicted molar refractivity (Wildman–Crippen MR) is 64.6 cm³/mol. The second-order valence-corrected chi connectivity index (χ2v) is 4.19. The van der Waals surface area contributed by atoms with Gasteiger partial charge < -0.3 is 15.2 Å². The minimum atomic E-state index is -0.0631. The van der Waals surface area contributed by atoms with Gasteiger partial charge in [0.2, 0.25) is 5.91 Å². The fourth-order valence-electron chi connectivity index (χ4n) is 1.39. The molecule has 0 fully saturated rings. The van der Waals surface area contributed by atoms with E-state index in [1.165, 1.54) is 0 Å². The van der Waals surface area contributed by atoms with E-state index < -0.39 is 0 Å². The van der Waals surface area contributed by atoms with Crippen LogP contribution in [0.4, 0.5) is 0 Å². The Hall–Kier alpha value is -1.14. The smallest absolute Gasteiger partial charge is 0.304 e. The minimum Gasteiger partial charge on any atom is -0.342 e. The Labute approximate surface area is 98.5 Å². The molecule has 1 aromatic heterocycles. The van der Waals surface area contributed by atoms with Crippen LogP contribution in [0.2, 0.25) is 0 Å². The Kier molecular flexibility index (Phi) is 5.21. The van der Waals surface area contributed by atoms with Crippen molar-refractivity contribution in [1.29, 1.82) is 0 Å². The number of amides is 1. The minimum absolute atomic E-state index is 0.0631. The average molecular weight is 243 g/mol. The Morgan fingerprint density at radius 3 is 2.69 bits per heavy atom. The number of rotatable bonds is 6. The summed E-state index contributed by atoms with van der Waals surface area (Å²) in [6.07, 6.45) is 0. The molecule has 0 aliphatic carbocycles. The highest BCUT2D eigenvalue weighted by molar-refractivity contribution is 7.07. The molecule has 0 saturated carbocycles. The summed E-state index contributed by atoms with van der Waals surface area (Å²) in [6.45, 7) is 6.19. The molecule has 0 bridgehead atoms. The van der Waals surface area contributed by atoms with Gasteiger partial charge in [0.05, 0.1) is 6.54 Å². The number of hydrogen-bond acceptors (Lipinski definition) is 4. The van der Waals surface area contributed by atoms with Gasteiger partial charge in [-0.25, -0.2) is 0 Å². The first-order valence-electron chi connectivity index (χ1n) is 5.32. The van der Waals surface area contributed by atoms with Gasteiger partial charge in [-0.05, 0) is 13.8 Å². The van der Waals surface area contributed by atoms with Crippen molar-refractivity contribution in [2.75, 3.05) is 19.6 Å². The van der Waals surface area contributed by atoms with Crippen LogP contribution in [0.1, 0.15) is 19.5 Å². The third-order valence-electron chi connectivity index (χ3n) is 2.28. The van der Waals surface area contributed by atoms with Crippen LogP contribution < -0.4 is 10.2 Å². The number of nitrogens with zero attached hydrogens (tertiary/aromatic N) is 1. The van der Waals surface area contributed by atoms with E-state index in [1.807, 2.05) is 13.8 Å². The molecule has 6 heteroatoms. The van der Waals surface area contributed by atoms with Crippen molar-refractivity contribution in [3.63, 3.8) is 0 Å². The third-order valence-corrected chi connectivity index (χ3v) is 3.00. The zero-order chi connectivity index (χ0) is 12.0. The summed E-state index contributed by atoms with van der Waals surface area (Å²) in [7, 11) is 0. The maximum atomic E-state index is 11.6. The lowest BCUT2D eigenvalue weighted by Crippen LogP contribution is -2.37. The summed E-state index contributed by atoms with van der Waals surface area (Å²) in [5.74, 6) is 0.0857. The molecular formula is C10H17N3O2S. The van der Waals surface area contributed by atoms with E-state index in [-0.39, 0.29) is 10.8 Å². The van der Waals surface area contributed by atoms with Crippen molar-refractivity contribution in [2.45, 2.75) is 20.4 Å². The van der Waals surface area contributed by atoms with E-state index in [1.54, 1.807) is 10.3 Å². The fourth-order valence-corrected chi connectivity index (χ4v) is 1.97. The van der Waals surface area contributed by atoms with Gasteiger partial charge >= 0.3 is 4.87 Å². The van der Waals surface area contributed by atoms with Crippen molar-refractivity contribution in [2.24, 2.45) is 0 Å². The number of thiazole rings is 1. The first-order valence-corrected chi connectivity index (χ1v) is 6.20. The van der Waals surface area contributed by atoms with Crippen molar-refractivity contribution in [3.8, 4) is 0 Å². The molecule has 1 aromatic rings. The molecular weight excluding hydrogens is 226 g/mol. The largest absolute Gasteiger partial charge is 0.342 e. The van der Waals surface area contributed by atoms with Crippen molar-refractivity contribution >= 4 is 17.2 Å². The first-order chi connectivity index (χ1) is 7.67. The van der Waals surface area contributed by atoms with Crippen LogP contribution in [0.5, 0.6) is 0 Å². The number of hydrogen-bond donors (Lipinski definition) is 2. The highest BCUT2D eigenvalue weighted by Crippen LogP contribution is 1.94. The van der Waals surface area contributed by atoms with Gasteiger partial charge in [-0.1, -0.05) is 11.3 Å². The first kappa shape index (κ1) is 12.9. The zero-order valence-electron chi connectivity index (χ0n) is 9.58. The molecule has 90 valence electrons. The van der Waals surface area contributed by atoms with Crippen LogP contribution in [0.3, 0.4) is 0 Å². The number of likely N-dealkylation sites (N-methyl/N-ethyl adjacent to an activating group) is 1. The summed E-state index contributed by atoms with van der Waals surface area (Å²) in [5.41, 5.74) is 0.822. The normalized spacial score (nSPS) is 10.4. The van der Waals surface area contributed by atoms with Crippen molar-refractivity contribution in [1.82, 2.24) is 15.2 Å². The number of aromatic nitrogens is 1. The lowest BCUT2D eigenvalue weighted by atomic mass is 10.4. The lowest BCUT2D eigenvalue weighted by Gasteiger charge is -2.18. The van der Waals surface area contributed by atoms with Crippen LogP contribution in [0.15, 0.2) is 10.2 Å². The van der Waals surface area contributed by atoms with Crippen LogP contribution in [0.25, 0.3) is 0 Å². The number of nitrogens with one attached hydrogen (secondary N) is 2. The number of H-pyrrole nitrogens is 1. The van der Waals surface area contributed by atoms with Crippen LogP contribution in [-0.4, -0.2) is 35.4 Å². The summed E-state index contributed by atoms with van der Waals surface area (Å²) < 4.78 is 0. The molecule has 0 aliphatic heterocycles. The molecule has 2 N–H and O–H groups in total. The van der Waals surface area contributed by atoms with E-state index in [4.69, 9.17) is 0 Å². The third kappa shape index (κ3) is 3.79. The fraction of sp³-hybridized carbons (Fsp3) is 0.600. The molecule has 0 radical (unpaired) electrons. The van der Waals surface area contributed by atoms with Crippen molar-refractivity contribution in [3.05, 3.63) is 20.7 Å². The Morgan fingerprint density at radius 2 is 2.19 bits per heavy atom. The molecule has 0 unspecified atom stereocenters. The molecule has 0 saturated heterocycles. The molecule has 1 rings (SSSR count). The zero-order valence-corrected chi connectivity index (χ0v) is 10.4. The average Bonchev–Trinajstić information content (AvgIpc) is 2.66. The molecule has 0 atom stereocenters. The lowest BCUT2D eigenvalue weighted by molar-refractivity contribution is -0.129. The second-order valence-electron chi connectivity index (χ2n) is 3.34. The van der Waals surface area contributed by atoms with Gasteiger partial charge in [0.25, 0.3) is 0 Å². The van der Waals surface area contributed by atoms with Crippen LogP contribution in [-0.2, 0) is 11.3 Å². The van der Waals surface area contributed by atoms with Crippen molar-refractivity contribution < 1.29 is 4.79 Å². The maximum absolute atomic E-state index is 11.6. The van der Waals surface area contributed by atoms with Crippen LogP contribution >= 0.6 is 11.3 Å². The molecule has 0 spiro atoms. The molecule has 1 heterocycles. The molecule has 0 aromatic carbocycles. The van der Waals surface area contributed by atoms with E-state index in [9.17, 15) is 9.59 Å². The Bertz CT molecular complexity index is 381. The predicted octanol–water partition coefficient (Wildman–Crippen LogP) is 0.394. The summed E-state index contributed by atoms with van der Waals surface area (Å²) in [4.78, 5) is 26.8. The van der Waals surface area contributed by atoms with E-state index >= 15 is 0 Å². The van der Waals surface area contributed by atoms with Crippen LogP contribution in [0, 0.1) is 0 Å². The van der Waals surface area contributed by atoms with Gasteiger partial charge in [0.1, 0.15) is 0 Å². The molecule has 1 amide bonds. The number of carbonyl (C=O) groups is 1. The summed E-state index contributed by atoms with van der Waals surface area (Å²) in [5, 5.41) is 4.77. The summed E-state index contributed by atoms with van der Waals surface area (Å²) in [6, 6.07) is 0.